The van der Waals surface area contributed by atoms with Crippen LogP contribution < -0.4 is 0 Å². The van der Waals surface area contributed by atoms with Crippen molar-refractivity contribution in [2.24, 2.45) is 0 Å². The van der Waals surface area contributed by atoms with E-state index in [1.165, 1.54) is 79.5 Å². The fourth-order valence-electron chi connectivity index (χ4n) is 7.05. The minimum atomic E-state index is 0.472. The molecule has 2 unspecified atom stereocenters. The third-order valence-electron chi connectivity index (χ3n) is 9.50. The summed E-state index contributed by atoms with van der Waals surface area (Å²) in [5.41, 5.74) is 19.7. The van der Waals surface area contributed by atoms with E-state index in [0.29, 0.717) is 11.8 Å². The molecule has 10 bridgehead atoms. The van der Waals surface area contributed by atoms with E-state index < -0.39 is 0 Å². The zero-order chi connectivity index (χ0) is 26.3. The lowest BCUT2D eigenvalue weighted by atomic mass is 9.72. The van der Waals surface area contributed by atoms with Gasteiger partial charge in [0.1, 0.15) is 0 Å². The number of aromatic nitrogens is 4. The molecule has 0 radical (unpaired) electrons. The molecular weight excluding hydrogens is 464 g/mol. The lowest BCUT2D eigenvalue weighted by molar-refractivity contribution is 0.562. The fraction of sp³-hybridized carbons (Fsp3) is 0.353. The van der Waals surface area contributed by atoms with E-state index in [-0.39, 0.29) is 0 Å². The molecule has 2 atom stereocenters. The Balaban J connectivity index is 1.66. The summed E-state index contributed by atoms with van der Waals surface area (Å²) >= 11 is 0. The molecule has 2 aliphatic heterocycles. The number of hydrogen-bond donors (Lipinski definition) is 2. The molecule has 0 saturated carbocycles. The lowest BCUT2D eigenvalue weighted by Crippen LogP contribution is -2.15. The number of fused-ring (bicyclic) bond motifs is 9. The van der Waals surface area contributed by atoms with E-state index in [2.05, 4.69) is 87.9 Å². The zero-order valence-electron chi connectivity index (χ0n) is 23.3. The maximum atomic E-state index is 5.19. The average molecular weight is 501 g/mol. The Morgan fingerprint density at radius 1 is 0.579 bits per heavy atom. The molecule has 3 aliphatic carbocycles. The largest absolute Gasteiger partial charge is 0.355 e. The van der Waals surface area contributed by atoms with E-state index >= 15 is 0 Å². The first-order valence-corrected chi connectivity index (χ1v) is 14.2. The van der Waals surface area contributed by atoms with Crippen molar-refractivity contribution >= 4 is 44.4 Å². The summed E-state index contributed by atoms with van der Waals surface area (Å²) in [6.07, 6.45) is 9.25. The normalized spacial score (nSPS) is 20.1. The Morgan fingerprint density at radius 3 is 1.26 bits per heavy atom. The summed E-state index contributed by atoms with van der Waals surface area (Å²) in [5, 5.41) is 0. The van der Waals surface area contributed by atoms with Crippen LogP contribution in [-0.2, 0) is 12.8 Å². The minimum Gasteiger partial charge on any atom is -0.355 e. The predicted molar refractivity (Wildman–Crippen MR) is 160 cm³/mol. The van der Waals surface area contributed by atoms with Crippen LogP contribution in [0.5, 0.6) is 0 Å². The summed E-state index contributed by atoms with van der Waals surface area (Å²) in [6.45, 7) is 13.3. The lowest BCUT2D eigenvalue weighted by Gasteiger charge is -2.31. The second kappa shape index (κ2) is 8.42. The molecule has 0 saturated heterocycles. The summed E-state index contributed by atoms with van der Waals surface area (Å²) in [4.78, 5) is 18.0. The number of allylic oxidation sites excluding steroid dienone is 6. The Kier molecular flexibility index (Phi) is 5.20. The summed E-state index contributed by atoms with van der Waals surface area (Å²) in [5.74, 6) is 0.945. The number of hydrogen-bond acceptors (Lipinski definition) is 2. The van der Waals surface area contributed by atoms with E-state index in [1.807, 2.05) is 0 Å². The van der Waals surface area contributed by atoms with Gasteiger partial charge in [-0.15, -0.1) is 0 Å². The standard InChI is InChI=1S/C34H36N4/c1-7-23-24(8-2)30-14-26-18(4)20(6)28(36-26)16-32-34-22-11-9-21(10-12-22)33(34)31(38-32)15-27-19(5)17(3)25(35-27)13-29(23)37-30/h9,11,13-16,21-22,37-38H,7-8,10,12H2,1-6H3. The van der Waals surface area contributed by atoms with Crippen LogP contribution in [0.4, 0.5) is 0 Å². The van der Waals surface area contributed by atoms with Gasteiger partial charge in [0, 0.05) is 33.9 Å². The topological polar surface area (TPSA) is 57.4 Å². The van der Waals surface area contributed by atoms with Crippen molar-refractivity contribution < 1.29 is 0 Å². The van der Waals surface area contributed by atoms with Crippen LogP contribution >= 0.6 is 0 Å². The maximum absolute atomic E-state index is 5.19. The van der Waals surface area contributed by atoms with E-state index in [0.717, 1.165) is 35.6 Å². The number of nitrogens with zero attached hydrogens (tertiary/aromatic N) is 2. The molecular formula is C34H36N4. The van der Waals surface area contributed by atoms with Crippen LogP contribution in [0.2, 0.25) is 0 Å². The van der Waals surface area contributed by atoms with Gasteiger partial charge < -0.3 is 9.97 Å². The second-order valence-electron chi connectivity index (χ2n) is 11.4. The van der Waals surface area contributed by atoms with Gasteiger partial charge in [-0.25, -0.2) is 9.97 Å². The van der Waals surface area contributed by atoms with Crippen molar-refractivity contribution in [3.05, 3.63) is 81.4 Å². The number of aromatic amines is 2. The molecule has 0 aromatic carbocycles. The molecule has 2 N–H and O–H groups in total. The molecule has 0 amide bonds. The first-order chi connectivity index (χ1) is 18.4. The highest BCUT2D eigenvalue weighted by molar-refractivity contribution is 5.94. The highest BCUT2D eigenvalue weighted by Gasteiger charge is 2.33. The maximum Gasteiger partial charge on any atom is 0.0690 e. The monoisotopic (exact) mass is 500 g/mol. The minimum absolute atomic E-state index is 0.472. The van der Waals surface area contributed by atoms with Crippen LogP contribution in [0.3, 0.4) is 0 Å². The Hall–Kier alpha value is -3.66. The average Bonchev–Trinajstić information content (AvgIpc) is 3.62. The van der Waals surface area contributed by atoms with Gasteiger partial charge in [-0.1, -0.05) is 26.0 Å². The van der Waals surface area contributed by atoms with E-state index in [9.17, 15) is 0 Å². The summed E-state index contributed by atoms with van der Waals surface area (Å²) in [7, 11) is 0. The van der Waals surface area contributed by atoms with Gasteiger partial charge in [0.05, 0.1) is 22.8 Å². The third kappa shape index (κ3) is 3.28. The zero-order valence-corrected chi connectivity index (χ0v) is 23.3. The number of nitrogens with one attached hydrogen (secondary N) is 2. The van der Waals surface area contributed by atoms with Gasteiger partial charge in [0.2, 0.25) is 0 Å². The molecule has 3 aromatic heterocycles. The van der Waals surface area contributed by atoms with Crippen molar-refractivity contribution in [1.82, 2.24) is 19.9 Å². The Labute approximate surface area is 224 Å². The van der Waals surface area contributed by atoms with Gasteiger partial charge >= 0.3 is 0 Å². The van der Waals surface area contributed by atoms with Crippen molar-refractivity contribution in [3.63, 3.8) is 0 Å². The molecule has 5 aliphatic rings. The summed E-state index contributed by atoms with van der Waals surface area (Å²) < 4.78 is 0. The molecule has 4 nitrogen and oxygen atoms in total. The molecule has 5 heterocycles. The Bertz CT molecular complexity index is 1660. The molecule has 192 valence electrons. The van der Waals surface area contributed by atoms with Crippen LogP contribution in [0.1, 0.15) is 111 Å². The number of rotatable bonds is 2. The van der Waals surface area contributed by atoms with Gasteiger partial charge in [-0.3, -0.25) is 0 Å². The predicted octanol–water partition coefficient (Wildman–Crippen LogP) is 8.87. The smallest absolute Gasteiger partial charge is 0.0690 e. The number of aryl methyl sites for hydroxylation is 2. The first kappa shape index (κ1) is 23.5. The second-order valence-corrected chi connectivity index (χ2v) is 11.4. The SMILES string of the molecule is CCc1c(CC)c2cc3nc(cc4[nH]c(cc5nc(cc1[nH]2)C(C)=C5C)c1c4C2C=CC1CC2)C(C)=C3C. The van der Waals surface area contributed by atoms with Crippen LogP contribution in [-0.4, -0.2) is 19.9 Å². The molecule has 8 rings (SSSR count). The van der Waals surface area contributed by atoms with Gasteiger partial charge in [-0.05, 0) is 122 Å². The van der Waals surface area contributed by atoms with Gasteiger partial charge in [0.15, 0.2) is 0 Å². The van der Waals surface area contributed by atoms with Crippen LogP contribution in [0.25, 0.3) is 44.4 Å². The molecule has 3 aromatic rings. The van der Waals surface area contributed by atoms with Crippen LogP contribution in [0.15, 0.2) is 36.4 Å². The van der Waals surface area contributed by atoms with E-state index in [4.69, 9.17) is 9.97 Å². The number of H-pyrrole nitrogens is 2. The fourth-order valence-corrected chi connectivity index (χ4v) is 7.05. The van der Waals surface area contributed by atoms with Gasteiger partial charge in [-0.2, -0.15) is 0 Å². The Morgan fingerprint density at radius 2 is 0.921 bits per heavy atom. The third-order valence-corrected chi connectivity index (χ3v) is 9.50. The van der Waals surface area contributed by atoms with Gasteiger partial charge in [0.25, 0.3) is 0 Å². The molecule has 0 fully saturated rings. The van der Waals surface area contributed by atoms with Crippen LogP contribution in [0, 0.1) is 0 Å². The van der Waals surface area contributed by atoms with Crippen molar-refractivity contribution in [1.29, 1.82) is 0 Å². The molecule has 4 heteroatoms. The van der Waals surface area contributed by atoms with Crippen molar-refractivity contribution in [3.8, 4) is 0 Å². The first-order valence-electron chi connectivity index (χ1n) is 14.2. The van der Waals surface area contributed by atoms with E-state index in [1.54, 1.807) is 0 Å². The summed E-state index contributed by atoms with van der Waals surface area (Å²) in [6, 6.07) is 9.11. The molecule has 38 heavy (non-hydrogen) atoms. The van der Waals surface area contributed by atoms with Crippen molar-refractivity contribution in [2.45, 2.75) is 79.1 Å². The highest BCUT2D eigenvalue weighted by Crippen LogP contribution is 2.49. The highest BCUT2D eigenvalue weighted by atomic mass is 14.8. The van der Waals surface area contributed by atoms with Crippen molar-refractivity contribution in [2.75, 3.05) is 0 Å². The quantitative estimate of drug-likeness (QED) is 0.345. The molecule has 0 spiro atoms.